The summed E-state index contributed by atoms with van der Waals surface area (Å²) in [6.45, 7) is 6.71. The van der Waals surface area contributed by atoms with Crippen molar-refractivity contribution in [1.29, 1.82) is 0 Å². The van der Waals surface area contributed by atoms with E-state index < -0.39 is 0 Å². The van der Waals surface area contributed by atoms with Gasteiger partial charge in [-0.25, -0.2) is 14.4 Å². The van der Waals surface area contributed by atoms with Crippen LogP contribution in [0.15, 0.2) is 61.0 Å². The number of hydrogen-bond donors (Lipinski definition) is 1. The van der Waals surface area contributed by atoms with Crippen LogP contribution in [0.4, 0.5) is 22.2 Å². The lowest BCUT2D eigenvalue weighted by molar-refractivity contribution is -0.492. The number of nitrogens with one attached hydrogen (secondary N) is 1. The molecule has 0 spiro atoms. The van der Waals surface area contributed by atoms with Gasteiger partial charge >= 0.3 is 6.03 Å². The van der Waals surface area contributed by atoms with Crippen LogP contribution in [-0.4, -0.2) is 70.8 Å². The smallest absolute Gasteiger partial charge is 0.330 e. The second kappa shape index (κ2) is 9.69. The number of amides is 3. The van der Waals surface area contributed by atoms with Crippen LogP contribution in [0.25, 0.3) is 0 Å². The minimum Gasteiger partial charge on any atom is -0.339 e. The number of carbonyl (C=O) groups excluding carboxylic acids is 2. The predicted octanol–water partition coefficient (Wildman–Crippen LogP) is 2.87. The molecular weight excluding hydrogens is 442 g/mol. The Kier molecular flexibility index (Phi) is 6.31. The van der Waals surface area contributed by atoms with Crippen molar-refractivity contribution in [3.05, 3.63) is 66.5 Å². The summed E-state index contributed by atoms with van der Waals surface area (Å²) in [6.07, 6.45) is 9.06. The van der Waals surface area contributed by atoms with E-state index in [1.807, 2.05) is 43.6 Å². The molecule has 35 heavy (non-hydrogen) atoms. The third-order valence-corrected chi connectivity index (χ3v) is 6.63. The van der Waals surface area contributed by atoms with Crippen molar-refractivity contribution in [3.8, 4) is 0 Å². The average molecular weight is 473 g/mol. The van der Waals surface area contributed by atoms with Crippen molar-refractivity contribution < 1.29 is 14.2 Å². The van der Waals surface area contributed by atoms with Gasteiger partial charge in [-0.15, -0.1) is 0 Å². The van der Waals surface area contributed by atoms with E-state index in [0.717, 1.165) is 36.3 Å². The fourth-order valence-corrected chi connectivity index (χ4v) is 4.81. The topological polar surface area (TPSA) is 84.7 Å². The van der Waals surface area contributed by atoms with E-state index in [0.29, 0.717) is 37.9 Å². The van der Waals surface area contributed by atoms with E-state index in [1.54, 1.807) is 20.9 Å². The monoisotopic (exact) mass is 472 g/mol. The summed E-state index contributed by atoms with van der Waals surface area (Å²) in [7, 11) is 2.03. The lowest BCUT2D eigenvalue weighted by Crippen LogP contribution is -2.50. The summed E-state index contributed by atoms with van der Waals surface area (Å²) in [6, 6.07) is 9.52. The zero-order chi connectivity index (χ0) is 24.4. The van der Waals surface area contributed by atoms with Crippen LogP contribution >= 0.6 is 0 Å². The van der Waals surface area contributed by atoms with E-state index in [2.05, 4.69) is 27.5 Å². The maximum absolute atomic E-state index is 13.7. The van der Waals surface area contributed by atoms with Gasteiger partial charge in [0.2, 0.25) is 11.9 Å². The molecule has 0 bridgehead atoms. The summed E-state index contributed by atoms with van der Waals surface area (Å²) in [5.41, 5.74) is 2.65. The van der Waals surface area contributed by atoms with Crippen LogP contribution in [0.3, 0.4) is 0 Å². The Morgan fingerprint density at radius 3 is 2.91 bits per heavy atom. The van der Waals surface area contributed by atoms with Crippen molar-refractivity contribution in [1.82, 2.24) is 14.9 Å². The van der Waals surface area contributed by atoms with Crippen molar-refractivity contribution >= 4 is 35.6 Å². The van der Waals surface area contributed by atoms with Crippen molar-refractivity contribution in [2.45, 2.75) is 19.4 Å². The predicted molar refractivity (Wildman–Crippen MR) is 136 cm³/mol. The number of anilines is 3. The van der Waals surface area contributed by atoms with Crippen LogP contribution in [0.5, 0.6) is 0 Å². The number of benzene rings is 1. The molecule has 1 fully saturated rings. The highest BCUT2D eigenvalue weighted by Gasteiger charge is 2.36. The molecule has 2 aromatic rings. The molecule has 4 heterocycles. The molecule has 5 rings (SSSR count). The lowest BCUT2D eigenvalue weighted by atomic mass is 10.1. The van der Waals surface area contributed by atoms with Crippen LogP contribution < -0.4 is 15.1 Å². The SMILES string of the molecule is C=CC(=O)N1CCC(CN2C(=O)N(c3ccccc3)Cc3cnc(NC4=CCC[N+](C)=C4)nc32)C1. The third kappa shape index (κ3) is 4.80. The molecule has 1 atom stereocenters. The molecule has 1 aromatic carbocycles. The zero-order valence-corrected chi connectivity index (χ0v) is 19.9. The van der Waals surface area contributed by atoms with Gasteiger partial charge in [-0.2, -0.15) is 4.98 Å². The lowest BCUT2D eigenvalue weighted by Gasteiger charge is -2.37. The molecule has 0 radical (unpaired) electrons. The van der Waals surface area contributed by atoms with Gasteiger partial charge in [-0.05, 0) is 36.6 Å². The highest BCUT2D eigenvalue weighted by Crippen LogP contribution is 2.32. The molecule has 9 heteroatoms. The second-order valence-corrected chi connectivity index (χ2v) is 9.18. The minimum absolute atomic E-state index is 0.0698. The van der Waals surface area contributed by atoms with Gasteiger partial charge in [-0.1, -0.05) is 24.8 Å². The number of aromatic nitrogens is 2. The van der Waals surface area contributed by atoms with Crippen LogP contribution in [0.1, 0.15) is 18.4 Å². The van der Waals surface area contributed by atoms with Crippen molar-refractivity contribution in [3.63, 3.8) is 0 Å². The van der Waals surface area contributed by atoms with E-state index in [4.69, 9.17) is 4.98 Å². The van der Waals surface area contributed by atoms with E-state index >= 15 is 0 Å². The average Bonchev–Trinajstić information content (AvgIpc) is 3.34. The Labute approximate surface area is 205 Å². The van der Waals surface area contributed by atoms with Gasteiger partial charge in [0.1, 0.15) is 25.1 Å². The van der Waals surface area contributed by atoms with Gasteiger partial charge in [-0.3, -0.25) is 14.6 Å². The first-order chi connectivity index (χ1) is 17.0. The summed E-state index contributed by atoms with van der Waals surface area (Å²) in [5.74, 6) is 1.17. The molecule has 0 aliphatic carbocycles. The van der Waals surface area contributed by atoms with Crippen LogP contribution in [0.2, 0.25) is 0 Å². The number of likely N-dealkylation sites (tertiary alicyclic amines) is 1. The highest BCUT2D eigenvalue weighted by molar-refractivity contribution is 6.05. The maximum atomic E-state index is 13.7. The molecule has 3 aliphatic heterocycles. The molecule has 1 N–H and O–H groups in total. The van der Waals surface area contributed by atoms with Crippen LogP contribution in [-0.2, 0) is 11.3 Å². The minimum atomic E-state index is -0.120. The number of rotatable bonds is 6. The molecule has 1 saturated heterocycles. The molecule has 3 amide bonds. The van der Waals surface area contributed by atoms with E-state index in [-0.39, 0.29) is 17.9 Å². The number of nitrogens with zero attached hydrogens (tertiary/aromatic N) is 6. The first-order valence-electron chi connectivity index (χ1n) is 12.0. The quantitative estimate of drug-likeness (QED) is 0.516. The summed E-state index contributed by atoms with van der Waals surface area (Å²) in [5, 5.41) is 3.29. The number of carbonyl (C=O) groups is 2. The number of urea groups is 1. The number of fused-ring (bicyclic) bond motifs is 1. The first-order valence-corrected chi connectivity index (χ1v) is 12.0. The Bertz CT molecular complexity index is 1210. The van der Waals surface area contributed by atoms with Gasteiger partial charge < -0.3 is 10.2 Å². The van der Waals surface area contributed by atoms with Crippen LogP contribution in [0, 0.1) is 5.92 Å². The molecule has 1 aromatic heterocycles. The Morgan fingerprint density at radius 2 is 2.14 bits per heavy atom. The van der Waals surface area contributed by atoms with Gasteiger partial charge in [0, 0.05) is 43.5 Å². The largest absolute Gasteiger partial charge is 0.339 e. The maximum Gasteiger partial charge on any atom is 0.330 e. The zero-order valence-electron chi connectivity index (χ0n) is 19.9. The Hall–Kier alpha value is -4.01. The summed E-state index contributed by atoms with van der Waals surface area (Å²) >= 11 is 0. The van der Waals surface area contributed by atoms with Gasteiger partial charge in [0.05, 0.1) is 6.54 Å². The number of para-hydroxylation sites is 1. The molecule has 1 unspecified atom stereocenters. The number of allylic oxidation sites excluding steroid dienone is 1. The highest BCUT2D eigenvalue weighted by atomic mass is 16.2. The van der Waals surface area contributed by atoms with E-state index in [1.165, 1.54) is 6.08 Å². The molecular formula is C26H30N7O2+. The van der Waals surface area contributed by atoms with Crippen molar-refractivity contribution in [2.75, 3.05) is 48.3 Å². The Balaban J connectivity index is 1.44. The molecule has 0 saturated carbocycles. The molecule has 180 valence electrons. The second-order valence-electron chi connectivity index (χ2n) is 9.18. The fraction of sp³-hybridized carbons (Fsp3) is 0.346. The summed E-state index contributed by atoms with van der Waals surface area (Å²) < 4.78 is 2.12. The van der Waals surface area contributed by atoms with Crippen molar-refractivity contribution in [2.24, 2.45) is 5.92 Å². The third-order valence-electron chi connectivity index (χ3n) is 6.63. The van der Waals surface area contributed by atoms with Gasteiger partial charge in [0.25, 0.3) is 0 Å². The molecule has 3 aliphatic rings. The number of hydrogen-bond acceptors (Lipinski definition) is 5. The van der Waals surface area contributed by atoms with E-state index in [9.17, 15) is 9.59 Å². The Morgan fingerprint density at radius 1 is 1.31 bits per heavy atom. The van der Waals surface area contributed by atoms with Gasteiger partial charge in [0.15, 0.2) is 6.21 Å². The first kappa shape index (κ1) is 22.8. The summed E-state index contributed by atoms with van der Waals surface area (Å²) in [4.78, 5) is 40.5. The standard InChI is InChI=1S/C26H30N7O2/c1-3-23(34)31-13-11-19(15-31)16-33-24-20(17-32(26(33)35)22-9-5-4-6-10-22)14-27-25(29-24)28-21-8-7-12-30(2)18-21/h3-6,8-10,14,18-19H,1,7,11-13,15-17H2,2H3,(H,27,28,29)/q+1. The normalized spacial score (nSPS) is 19.7. The fourth-order valence-electron chi connectivity index (χ4n) is 4.81. The molecule has 9 nitrogen and oxygen atoms in total.